The van der Waals surface area contributed by atoms with Gasteiger partial charge in [-0.3, -0.25) is 4.79 Å². The van der Waals surface area contributed by atoms with E-state index in [2.05, 4.69) is 46.8 Å². The molecule has 0 atom stereocenters. The third-order valence-corrected chi connectivity index (χ3v) is 4.57. The molecular formula is C20H25N3O. The number of aryl methyl sites for hydroxylation is 1. The number of pyridine rings is 1. The van der Waals surface area contributed by atoms with Crippen LogP contribution in [0.5, 0.6) is 0 Å². The van der Waals surface area contributed by atoms with Crippen molar-refractivity contribution in [1.82, 2.24) is 4.98 Å². The highest BCUT2D eigenvalue weighted by atomic mass is 16.1. The molecule has 0 aliphatic heterocycles. The summed E-state index contributed by atoms with van der Waals surface area (Å²) in [6.07, 6.45) is 7.35. The second-order valence-electron chi connectivity index (χ2n) is 6.60. The number of nitrogens with zero attached hydrogens (tertiary/aromatic N) is 1. The number of rotatable bonds is 5. The molecule has 2 aromatic rings. The molecule has 1 aliphatic rings. The zero-order chi connectivity index (χ0) is 16.8. The van der Waals surface area contributed by atoms with Crippen LogP contribution in [0, 0.1) is 12.8 Å². The normalized spacial score (nSPS) is 15.0. The van der Waals surface area contributed by atoms with Gasteiger partial charge >= 0.3 is 0 Å². The molecule has 2 N–H and O–H groups in total. The third kappa shape index (κ3) is 4.57. The largest absolute Gasteiger partial charge is 0.380 e. The van der Waals surface area contributed by atoms with Gasteiger partial charge in [0.05, 0.1) is 11.9 Å². The van der Waals surface area contributed by atoms with E-state index in [1.165, 1.54) is 17.5 Å². The van der Waals surface area contributed by atoms with E-state index in [0.717, 1.165) is 37.9 Å². The van der Waals surface area contributed by atoms with Gasteiger partial charge in [-0.15, -0.1) is 0 Å². The highest BCUT2D eigenvalue weighted by molar-refractivity contribution is 5.91. The van der Waals surface area contributed by atoms with Gasteiger partial charge in [-0.25, -0.2) is 4.98 Å². The summed E-state index contributed by atoms with van der Waals surface area (Å²) in [5.41, 5.74) is 3.45. The lowest BCUT2D eigenvalue weighted by Gasteiger charge is -2.20. The monoisotopic (exact) mass is 323 g/mol. The Hall–Kier alpha value is -2.36. The maximum Gasteiger partial charge on any atom is 0.228 e. The van der Waals surface area contributed by atoms with Crippen LogP contribution < -0.4 is 10.6 Å². The van der Waals surface area contributed by atoms with Crippen LogP contribution >= 0.6 is 0 Å². The average Bonchev–Trinajstić information content (AvgIpc) is 2.62. The van der Waals surface area contributed by atoms with Crippen LogP contribution in [0.4, 0.5) is 11.5 Å². The van der Waals surface area contributed by atoms with Gasteiger partial charge in [0, 0.05) is 12.5 Å². The van der Waals surface area contributed by atoms with Crippen molar-refractivity contribution < 1.29 is 4.79 Å². The Bertz CT molecular complexity index is 676. The fourth-order valence-electron chi connectivity index (χ4n) is 3.19. The first kappa shape index (κ1) is 16.5. The highest BCUT2D eigenvalue weighted by Crippen LogP contribution is 2.24. The quantitative estimate of drug-likeness (QED) is 0.850. The molecular weight excluding hydrogens is 298 g/mol. The molecule has 1 amide bonds. The summed E-state index contributed by atoms with van der Waals surface area (Å²) in [7, 11) is 0. The maximum atomic E-state index is 12.2. The number of nitrogens with one attached hydrogen (secondary N) is 2. The molecule has 4 nitrogen and oxygen atoms in total. The van der Waals surface area contributed by atoms with Gasteiger partial charge in [0.15, 0.2) is 0 Å². The molecule has 0 bridgehead atoms. The van der Waals surface area contributed by atoms with Crippen LogP contribution in [0.2, 0.25) is 0 Å². The van der Waals surface area contributed by atoms with Gasteiger partial charge in [0.1, 0.15) is 5.82 Å². The summed E-state index contributed by atoms with van der Waals surface area (Å²) in [4.78, 5) is 16.6. The zero-order valence-electron chi connectivity index (χ0n) is 14.2. The van der Waals surface area contributed by atoms with Crippen molar-refractivity contribution >= 4 is 17.4 Å². The predicted molar refractivity (Wildman–Crippen MR) is 97.9 cm³/mol. The number of hydrogen-bond donors (Lipinski definition) is 2. The Morgan fingerprint density at radius 2 is 2.00 bits per heavy atom. The molecule has 0 radical (unpaired) electrons. The number of amides is 1. The summed E-state index contributed by atoms with van der Waals surface area (Å²) in [5.74, 6) is 0.897. The van der Waals surface area contributed by atoms with Gasteiger partial charge < -0.3 is 10.6 Å². The van der Waals surface area contributed by atoms with Gasteiger partial charge in [0.2, 0.25) is 5.91 Å². The van der Waals surface area contributed by atoms with Crippen LogP contribution in [0.3, 0.4) is 0 Å². The molecule has 24 heavy (non-hydrogen) atoms. The molecule has 1 fully saturated rings. The maximum absolute atomic E-state index is 12.2. The SMILES string of the molecule is Cc1cccc(CNc2ccc(NC(=O)C3CCCCC3)nc2)c1. The number of hydrogen-bond acceptors (Lipinski definition) is 3. The van der Waals surface area contributed by atoms with Crippen molar-refractivity contribution in [2.24, 2.45) is 5.92 Å². The standard InChI is InChI=1S/C20H25N3O/c1-15-6-5-7-16(12-15)13-21-18-10-11-19(22-14-18)23-20(24)17-8-3-2-4-9-17/h5-7,10-12,14,17,21H,2-4,8-9,13H2,1H3,(H,22,23,24). The summed E-state index contributed by atoms with van der Waals surface area (Å²) in [6, 6.07) is 12.2. The minimum absolute atomic E-state index is 0.114. The number of carbonyl (C=O) groups is 1. The van der Waals surface area contributed by atoms with Gasteiger partial charge in [0.25, 0.3) is 0 Å². The van der Waals surface area contributed by atoms with Crippen LogP contribution in [-0.4, -0.2) is 10.9 Å². The smallest absolute Gasteiger partial charge is 0.228 e. The van der Waals surface area contributed by atoms with Crippen molar-refractivity contribution in [3.8, 4) is 0 Å². The van der Waals surface area contributed by atoms with Crippen LogP contribution in [0.1, 0.15) is 43.2 Å². The first-order chi connectivity index (χ1) is 11.7. The van der Waals surface area contributed by atoms with Crippen molar-refractivity contribution in [2.45, 2.75) is 45.6 Å². The molecule has 1 saturated carbocycles. The summed E-state index contributed by atoms with van der Waals surface area (Å²) >= 11 is 0. The van der Waals surface area contributed by atoms with E-state index >= 15 is 0 Å². The lowest BCUT2D eigenvalue weighted by atomic mass is 9.89. The van der Waals surface area contributed by atoms with Crippen LogP contribution in [0.25, 0.3) is 0 Å². The predicted octanol–water partition coefficient (Wildman–Crippen LogP) is 4.52. The van der Waals surface area contributed by atoms with E-state index in [4.69, 9.17) is 0 Å². The van der Waals surface area contributed by atoms with E-state index in [0.29, 0.717) is 5.82 Å². The number of benzene rings is 1. The Morgan fingerprint density at radius 3 is 2.71 bits per heavy atom. The van der Waals surface area contributed by atoms with Crippen molar-refractivity contribution in [3.05, 3.63) is 53.7 Å². The number of anilines is 2. The van der Waals surface area contributed by atoms with Crippen molar-refractivity contribution in [2.75, 3.05) is 10.6 Å². The number of carbonyl (C=O) groups excluding carboxylic acids is 1. The molecule has 4 heteroatoms. The molecule has 1 aromatic heterocycles. The minimum Gasteiger partial charge on any atom is -0.380 e. The van der Waals surface area contributed by atoms with E-state index in [1.807, 2.05) is 12.1 Å². The summed E-state index contributed by atoms with van der Waals surface area (Å²) < 4.78 is 0. The van der Waals surface area contributed by atoms with Gasteiger partial charge in [-0.05, 0) is 37.5 Å². The van der Waals surface area contributed by atoms with Crippen molar-refractivity contribution in [1.29, 1.82) is 0 Å². The molecule has 1 aliphatic carbocycles. The molecule has 0 unspecified atom stereocenters. The lowest BCUT2D eigenvalue weighted by molar-refractivity contribution is -0.120. The van der Waals surface area contributed by atoms with Crippen LogP contribution in [-0.2, 0) is 11.3 Å². The summed E-state index contributed by atoms with van der Waals surface area (Å²) in [6.45, 7) is 2.85. The molecule has 0 spiro atoms. The Balaban J connectivity index is 1.52. The zero-order valence-corrected chi connectivity index (χ0v) is 14.2. The first-order valence-electron chi connectivity index (χ1n) is 8.77. The van der Waals surface area contributed by atoms with Gasteiger partial charge in [-0.1, -0.05) is 49.1 Å². The van der Waals surface area contributed by atoms with E-state index in [-0.39, 0.29) is 11.8 Å². The van der Waals surface area contributed by atoms with Gasteiger partial charge in [-0.2, -0.15) is 0 Å². The third-order valence-electron chi connectivity index (χ3n) is 4.57. The molecule has 1 heterocycles. The Kier molecular flexibility index (Phi) is 5.47. The second kappa shape index (κ2) is 7.95. The minimum atomic E-state index is 0.114. The second-order valence-corrected chi connectivity index (χ2v) is 6.60. The summed E-state index contributed by atoms with van der Waals surface area (Å²) in [5, 5.41) is 6.30. The Labute approximate surface area is 143 Å². The lowest BCUT2D eigenvalue weighted by Crippen LogP contribution is -2.25. The topological polar surface area (TPSA) is 54.0 Å². The van der Waals surface area contributed by atoms with E-state index < -0.39 is 0 Å². The number of aromatic nitrogens is 1. The molecule has 3 rings (SSSR count). The molecule has 126 valence electrons. The van der Waals surface area contributed by atoms with Crippen LogP contribution in [0.15, 0.2) is 42.6 Å². The first-order valence-corrected chi connectivity index (χ1v) is 8.77. The average molecular weight is 323 g/mol. The fourth-order valence-corrected chi connectivity index (χ4v) is 3.19. The highest BCUT2D eigenvalue weighted by Gasteiger charge is 2.21. The fraction of sp³-hybridized carbons (Fsp3) is 0.400. The van der Waals surface area contributed by atoms with E-state index in [9.17, 15) is 4.79 Å². The molecule has 1 aromatic carbocycles. The Morgan fingerprint density at radius 1 is 1.17 bits per heavy atom. The van der Waals surface area contributed by atoms with Crippen molar-refractivity contribution in [3.63, 3.8) is 0 Å². The molecule has 0 saturated heterocycles. The van der Waals surface area contributed by atoms with E-state index in [1.54, 1.807) is 6.20 Å².